The van der Waals surface area contributed by atoms with Gasteiger partial charge < -0.3 is 20.4 Å². The van der Waals surface area contributed by atoms with Crippen molar-refractivity contribution in [2.75, 3.05) is 4.90 Å². The number of amides is 2. The predicted molar refractivity (Wildman–Crippen MR) is 153 cm³/mol. The number of nitrogens with one attached hydrogen (secondary N) is 2. The first kappa shape index (κ1) is 26.3. The number of para-hydroxylation sites is 1. The van der Waals surface area contributed by atoms with E-state index in [1.54, 1.807) is 18.7 Å². The minimum absolute atomic E-state index is 0.130. The molecule has 1 aliphatic heterocycles. The van der Waals surface area contributed by atoms with Gasteiger partial charge in [0.1, 0.15) is 11.6 Å². The number of aromatic nitrogens is 5. The van der Waals surface area contributed by atoms with E-state index < -0.39 is 11.6 Å². The first-order chi connectivity index (χ1) is 19.7. The lowest BCUT2D eigenvalue weighted by molar-refractivity contribution is -0.128. The lowest BCUT2D eigenvalue weighted by atomic mass is 10.0. The number of aromatic amines is 1. The topological polar surface area (TPSA) is 156 Å². The number of nitrogens with two attached hydrogens (primary N) is 1. The van der Waals surface area contributed by atoms with Crippen molar-refractivity contribution in [2.45, 2.75) is 51.2 Å². The standard InChI is InChI=1S/C30H30N8O3/c1-30(2,31)16-26(39)32-22-13-12-19-7-3-6-10-24(19)38(29(22)40)17-18-11-14-25-23(15-18)33-28(41-25)21-9-5-4-8-20(21)27-34-36-37-35-27/h3-11,14-15,22H,12-13,16-17,31H2,1-2H3,(H,32,39)(H,34,35,36,37)/t22-/m1/s1. The van der Waals surface area contributed by atoms with Gasteiger partial charge in [-0.1, -0.05) is 42.5 Å². The molecule has 3 heterocycles. The van der Waals surface area contributed by atoms with Crippen LogP contribution in [-0.4, -0.2) is 49.0 Å². The number of tetrazole rings is 1. The summed E-state index contributed by atoms with van der Waals surface area (Å²) in [5.74, 6) is 0.554. The van der Waals surface area contributed by atoms with Crippen LogP contribution in [0.25, 0.3) is 33.9 Å². The highest BCUT2D eigenvalue weighted by Gasteiger charge is 2.32. The molecule has 4 N–H and O–H groups in total. The van der Waals surface area contributed by atoms with Gasteiger partial charge in [-0.2, -0.15) is 0 Å². The largest absolute Gasteiger partial charge is 0.436 e. The van der Waals surface area contributed by atoms with Gasteiger partial charge in [-0.05, 0) is 72.5 Å². The van der Waals surface area contributed by atoms with Crippen molar-refractivity contribution in [1.82, 2.24) is 30.9 Å². The summed E-state index contributed by atoms with van der Waals surface area (Å²) in [6, 6.07) is 20.5. The lowest BCUT2D eigenvalue weighted by Gasteiger charge is -2.27. The number of oxazole rings is 1. The number of benzene rings is 3. The third-order valence-corrected chi connectivity index (χ3v) is 7.05. The Morgan fingerprint density at radius 3 is 2.68 bits per heavy atom. The van der Waals surface area contributed by atoms with Gasteiger partial charge in [0.25, 0.3) is 0 Å². The Morgan fingerprint density at radius 2 is 1.90 bits per heavy atom. The average molecular weight is 551 g/mol. The number of aryl methyl sites for hydroxylation is 1. The number of hydrogen-bond donors (Lipinski definition) is 3. The number of carbonyl (C=O) groups excluding carboxylic acids is 2. The first-order valence-electron chi connectivity index (χ1n) is 13.5. The highest BCUT2D eigenvalue weighted by Crippen LogP contribution is 2.33. The molecule has 1 atom stereocenters. The maximum absolute atomic E-state index is 13.8. The molecular weight excluding hydrogens is 520 g/mol. The molecule has 11 heteroatoms. The van der Waals surface area contributed by atoms with Crippen molar-refractivity contribution in [1.29, 1.82) is 0 Å². The third-order valence-electron chi connectivity index (χ3n) is 7.05. The Hall–Kier alpha value is -4.90. The molecule has 2 aromatic heterocycles. The van der Waals surface area contributed by atoms with Crippen LogP contribution in [0.3, 0.4) is 0 Å². The normalized spacial score (nSPS) is 15.5. The Kier molecular flexibility index (Phi) is 6.80. The molecule has 0 radical (unpaired) electrons. The molecule has 3 aromatic carbocycles. The van der Waals surface area contributed by atoms with E-state index in [0.717, 1.165) is 27.9 Å². The monoisotopic (exact) mass is 550 g/mol. The molecule has 0 bridgehead atoms. The highest BCUT2D eigenvalue weighted by molar-refractivity contribution is 6.00. The van der Waals surface area contributed by atoms with Gasteiger partial charge in [0, 0.05) is 28.8 Å². The van der Waals surface area contributed by atoms with Crippen LogP contribution in [0.15, 0.2) is 71.1 Å². The molecule has 0 spiro atoms. The number of hydrogen-bond acceptors (Lipinski definition) is 8. The zero-order valence-corrected chi connectivity index (χ0v) is 22.8. The van der Waals surface area contributed by atoms with Crippen LogP contribution in [0.5, 0.6) is 0 Å². The molecule has 0 saturated heterocycles. The van der Waals surface area contributed by atoms with Crippen LogP contribution in [0.2, 0.25) is 0 Å². The lowest BCUT2D eigenvalue weighted by Crippen LogP contribution is -2.49. The van der Waals surface area contributed by atoms with Crippen LogP contribution >= 0.6 is 0 Å². The average Bonchev–Trinajstić information content (AvgIpc) is 3.61. The molecule has 2 amide bonds. The van der Waals surface area contributed by atoms with E-state index in [1.807, 2.05) is 66.7 Å². The van der Waals surface area contributed by atoms with Gasteiger partial charge in [0.05, 0.1) is 6.54 Å². The van der Waals surface area contributed by atoms with E-state index >= 15 is 0 Å². The van der Waals surface area contributed by atoms with Crippen LogP contribution < -0.4 is 16.0 Å². The summed E-state index contributed by atoms with van der Waals surface area (Å²) in [4.78, 5) is 33.0. The van der Waals surface area contributed by atoms with E-state index in [2.05, 4.69) is 25.9 Å². The molecule has 208 valence electrons. The van der Waals surface area contributed by atoms with E-state index in [9.17, 15) is 9.59 Å². The predicted octanol–water partition coefficient (Wildman–Crippen LogP) is 3.77. The molecule has 0 aliphatic carbocycles. The number of nitrogens with zero attached hydrogens (tertiary/aromatic N) is 5. The molecule has 5 aromatic rings. The van der Waals surface area contributed by atoms with Gasteiger partial charge in [-0.15, -0.1) is 5.10 Å². The highest BCUT2D eigenvalue weighted by atomic mass is 16.3. The van der Waals surface area contributed by atoms with E-state index in [1.165, 1.54) is 0 Å². The molecular formula is C30H30N8O3. The van der Waals surface area contributed by atoms with Crippen molar-refractivity contribution >= 4 is 28.6 Å². The maximum atomic E-state index is 13.8. The molecule has 0 fully saturated rings. The number of anilines is 1. The first-order valence-corrected chi connectivity index (χ1v) is 13.5. The molecule has 11 nitrogen and oxygen atoms in total. The smallest absolute Gasteiger partial charge is 0.249 e. The fourth-order valence-electron chi connectivity index (χ4n) is 5.19. The Morgan fingerprint density at radius 1 is 1.12 bits per heavy atom. The zero-order chi connectivity index (χ0) is 28.6. The zero-order valence-electron chi connectivity index (χ0n) is 22.8. The maximum Gasteiger partial charge on any atom is 0.249 e. The summed E-state index contributed by atoms with van der Waals surface area (Å²) in [5.41, 5.74) is 10.9. The Labute approximate surface area is 236 Å². The van der Waals surface area contributed by atoms with Crippen LogP contribution in [-0.2, 0) is 22.6 Å². The summed E-state index contributed by atoms with van der Waals surface area (Å²) >= 11 is 0. The SMILES string of the molecule is CC(C)(N)CC(=O)N[C@@H]1CCc2ccccc2N(Cc2ccc3oc(-c4ccccc4-c4nnn[nH]4)nc3c2)C1=O. The van der Waals surface area contributed by atoms with Crippen LogP contribution in [0.4, 0.5) is 5.69 Å². The van der Waals surface area contributed by atoms with Gasteiger partial charge in [-0.3, -0.25) is 9.59 Å². The quantitative estimate of drug-likeness (QED) is 0.277. The molecule has 41 heavy (non-hydrogen) atoms. The van der Waals surface area contributed by atoms with Crippen LogP contribution in [0, 0.1) is 0 Å². The molecule has 0 unspecified atom stereocenters. The van der Waals surface area contributed by atoms with Gasteiger partial charge >= 0.3 is 0 Å². The second kappa shape index (κ2) is 10.6. The number of carbonyl (C=O) groups is 2. The fourth-order valence-corrected chi connectivity index (χ4v) is 5.19. The van der Waals surface area contributed by atoms with Crippen molar-refractivity contribution in [3.8, 4) is 22.8 Å². The fraction of sp³-hybridized carbons (Fsp3) is 0.267. The summed E-state index contributed by atoms with van der Waals surface area (Å²) in [6.45, 7) is 3.89. The number of H-pyrrole nitrogens is 1. The minimum Gasteiger partial charge on any atom is -0.436 e. The van der Waals surface area contributed by atoms with Crippen molar-refractivity contribution in [3.05, 3.63) is 77.9 Å². The van der Waals surface area contributed by atoms with Gasteiger partial charge in [0.2, 0.25) is 17.7 Å². The second-order valence-corrected chi connectivity index (χ2v) is 11.0. The number of fused-ring (bicyclic) bond motifs is 2. The summed E-state index contributed by atoms with van der Waals surface area (Å²) in [7, 11) is 0. The summed E-state index contributed by atoms with van der Waals surface area (Å²) < 4.78 is 6.10. The molecule has 1 aliphatic rings. The Bertz CT molecular complexity index is 1720. The number of rotatable bonds is 7. The Balaban J connectivity index is 1.30. The third kappa shape index (κ3) is 5.57. The second-order valence-electron chi connectivity index (χ2n) is 11.0. The summed E-state index contributed by atoms with van der Waals surface area (Å²) in [5, 5.41) is 17.1. The van der Waals surface area contributed by atoms with Gasteiger partial charge in [0.15, 0.2) is 11.4 Å². The van der Waals surface area contributed by atoms with Gasteiger partial charge in [-0.25, -0.2) is 10.1 Å². The van der Waals surface area contributed by atoms with Crippen molar-refractivity contribution in [3.63, 3.8) is 0 Å². The van der Waals surface area contributed by atoms with E-state index in [4.69, 9.17) is 15.1 Å². The van der Waals surface area contributed by atoms with Crippen LogP contribution in [0.1, 0.15) is 37.8 Å². The summed E-state index contributed by atoms with van der Waals surface area (Å²) in [6.07, 6.45) is 1.31. The van der Waals surface area contributed by atoms with Crippen molar-refractivity contribution < 1.29 is 14.0 Å². The minimum atomic E-state index is -0.668. The molecule has 0 saturated carbocycles. The van der Waals surface area contributed by atoms with E-state index in [0.29, 0.717) is 42.2 Å². The van der Waals surface area contributed by atoms with E-state index in [-0.39, 0.29) is 18.2 Å². The molecule has 6 rings (SSSR count). The van der Waals surface area contributed by atoms with Crippen molar-refractivity contribution in [2.24, 2.45) is 5.73 Å².